The lowest BCUT2D eigenvalue weighted by Gasteiger charge is -2.50. The van der Waals surface area contributed by atoms with Crippen LogP contribution in [-0.2, 0) is 16.1 Å². The SMILES string of the molecule is CCC1(C(C)NCCCCCCCSc2ccc3c(c2)CN(C2CCC(=O)NC2=O)C3=O)CC2CCCC(C2)C1. The summed E-state index contributed by atoms with van der Waals surface area (Å²) in [6.45, 7) is 6.48. The molecule has 5 rings (SSSR count). The Morgan fingerprint density at radius 1 is 1.05 bits per heavy atom. The molecule has 1 aromatic rings. The molecule has 0 aromatic heterocycles. The Morgan fingerprint density at radius 3 is 2.55 bits per heavy atom. The Kier molecular flexibility index (Phi) is 9.93. The monoisotopic (exact) mass is 567 g/mol. The van der Waals surface area contributed by atoms with Crippen molar-refractivity contribution in [3.05, 3.63) is 29.3 Å². The molecule has 1 aromatic carbocycles. The Labute approximate surface area is 245 Å². The third kappa shape index (κ3) is 6.78. The second-order valence-electron chi connectivity index (χ2n) is 13.0. The number of thioether (sulfide) groups is 1. The maximum atomic E-state index is 12.9. The van der Waals surface area contributed by atoms with Crippen LogP contribution in [0.5, 0.6) is 0 Å². The average molecular weight is 568 g/mol. The number of nitrogens with one attached hydrogen (secondary N) is 2. The molecule has 2 aliphatic carbocycles. The van der Waals surface area contributed by atoms with Gasteiger partial charge in [0.25, 0.3) is 5.91 Å². The molecule has 0 spiro atoms. The van der Waals surface area contributed by atoms with Crippen LogP contribution in [0.3, 0.4) is 0 Å². The highest BCUT2D eigenvalue weighted by Crippen LogP contribution is 2.52. The summed E-state index contributed by atoms with van der Waals surface area (Å²) < 4.78 is 0. The van der Waals surface area contributed by atoms with Gasteiger partial charge in [-0.3, -0.25) is 19.7 Å². The van der Waals surface area contributed by atoms with E-state index < -0.39 is 6.04 Å². The summed E-state index contributed by atoms with van der Waals surface area (Å²) in [7, 11) is 0. The first-order valence-corrected chi connectivity index (χ1v) is 17.0. The highest BCUT2D eigenvalue weighted by molar-refractivity contribution is 7.99. The lowest BCUT2D eigenvalue weighted by atomic mass is 9.57. The van der Waals surface area contributed by atoms with E-state index in [9.17, 15) is 14.4 Å². The predicted octanol–water partition coefficient (Wildman–Crippen LogP) is 6.46. The van der Waals surface area contributed by atoms with Gasteiger partial charge in [0.15, 0.2) is 0 Å². The summed E-state index contributed by atoms with van der Waals surface area (Å²) in [4.78, 5) is 39.4. The smallest absolute Gasteiger partial charge is 0.255 e. The number of unbranched alkanes of at least 4 members (excludes halogenated alkanes) is 4. The zero-order valence-corrected chi connectivity index (χ0v) is 25.5. The molecular formula is C33H49N3O3S. The van der Waals surface area contributed by atoms with Crippen molar-refractivity contribution in [2.75, 3.05) is 12.3 Å². The largest absolute Gasteiger partial charge is 0.322 e. The number of nitrogens with zero attached hydrogens (tertiary/aromatic N) is 1. The molecule has 7 heteroatoms. The van der Waals surface area contributed by atoms with Crippen LogP contribution in [0.4, 0.5) is 0 Å². The quantitative estimate of drug-likeness (QED) is 0.162. The predicted molar refractivity (Wildman–Crippen MR) is 161 cm³/mol. The van der Waals surface area contributed by atoms with Crippen molar-refractivity contribution in [2.45, 2.75) is 127 Å². The van der Waals surface area contributed by atoms with Crippen LogP contribution in [0.25, 0.3) is 0 Å². The number of rotatable bonds is 13. The number of fused-ring (bicyclic) bond motifs is 3. The molecule has 4 aliphatic rings. The molecule has 4 atom stereocenters. The van der Waals surface area contributed by atoms with Crippen LogP contribution in [-0.4, -0.2) is 47.0 Å². The summed E-state index contributed by atoms with van der Waals surface area (Å²) in [5.41, 5.74) is 2.20. The fraction of sp³-hybridized carbons (Fsp3) is 0.727. The van der Waals surface area contributed by atoms with Crippen molar-refractivity contribution in [3.8, 4) is 0 Å². The van der Waals surface area contributed by atoms with Gasteiger partial charge in [-0.1, -0.05) is 45.4 Å². The van der Waals surface area contributed by atoms with Crippen molar-refractivity contribution in [2.24, 2.45) is 17.3 Å². The standard InChI is InChI=1S/C33H49N3O3S/c1-3-33(20-24-10-9-11-25(18-24)21-33)23(2)34-16-7-5-4-6-8-17-40-27-12-13-28-26(19-27)22-36(32(28)39)29-14-15-30(37)35-31(29)38/h12-13,19,23-25,29,34H,3-11,14-18,20-22H2,1-2H3,(H,35,37,38). The van der Waals surface area contributed by atoms with Crippen molar-refractivity contribution < 1.29 is 14.4 Å². The Morgan fingerprint density at radius 2 is 1.80 bits per heavy atom. The third-order valence-corrected chi connectivity index (χ3v) is 11.5. The minimum absolute atomic E-state index is 0.101. The van der Waals surface area contributed by atoms with E-state index in [1.165, 1.54) is 81.9 Å². The Hall–Kier alpha value is -1.86. The Balaban J connectivity index is 0.960. The number of amides is 3. The van der Waals surface area contributed by atoms with Crippen LogP contribution in [0.2, 0.25) is 0 Å². The number of carbonyl (C=O) groups excluding carboxylic acids is 3. The fourth-order valence-corrected chi connectivity index (χ4v) is 9.05. The van der Waals surface area contributed by atoms with Gasteiger partial charge < -0.3 is 10.2 Å². The van der Waals surface area contributed by atoms with Gasteiger partial charge in [0, 0.05) is 29.5 Å². The summed E-state index contributed by atoms with van der Waals surface area (Å²) in [5.74, 6) is 2.35. The minimum atomic E-state index is -0.549. The van der Waals surface area contributed by atoms with Gasteiger partial charge in [-0.2, -0.15) is 0 Å². The van der Waals surface area contributed by atoms with Crippen molar-refractivity contribution in [1.82, 2.24) is 15.5 Å². The maximum Gasteiger partial charge on any atom is 0.255 e. The molecule has 2 bridgehead atoms. The van der Waals surface area contributed by atoms with Crippen molar-refractivity contribution >= 4 is 29.5 Å². The van der Waals surface area contributed by atoms with Gasteiger partial charge in [0.05, 0.1) is 0 Å². The van der Waals surface area contributed by atoms with Crippen molar-refractivity contribution in [3.63, 3.8) is 0 Å². The fourth-order valence-electron chi connectivity index (χ4n) is 8.08. The zero-order chi connectivity index (χ0) is 28.1. The van der Waals surface area contributed by atoms with E-state index in [2.05, 4.69) is 30.5 Å². The second kappa shape index (κ2) is 13.4. The van der Waals surface area contributed by atoms with E-state index in [4.69, 9.17) is 0 Å². The van der Waals surface area contributed by atoms with Crippen molar-refractivity contribution in [1.29, 1.82) is 0 Å². The second-order valence-corrected chi connectivity index (χ2v) is 14.2. The molecular weight excluding hydrogens is 518 g/mol. The lowest BCUT2D eigenvalue weighted by Crippen LogP contribution is -2.52. The molecule has 2 aliphatic heterocycles. The number of benzene rings is 1. The number of imide groups is 1. The van der Waals surface area contributed by atoms with Crippen LogP contribution in [0, 0.1) is 17.3 Å². The Bertz CT molecular complexity index is 1060. The van der Waals surface area contributed by atoms with E-state index >= 15 is 0 Å². The summed E-state index contributed by atoms with van der Waals surface area (Å²) in [5, 5.41) is 6.31. The summed E-state index contributed by atoms with van der Waals surface area (Å²) in [6, 6.07) is 6.13. The molecule has 3 fully saturated rings. The van der Waals surface area contributed by atoms with Gasteiger partial charge >= 0.3 is 0 Å². The zero-order valence-electron chi connectivity index (χ0n) is 24.6. The highest BCUT2D eigenvalue weighted by atomic mass is 32.2. The molecule has 2 heterocycles. The van der Waals surface area contributed by atoms with Crippen LogP contribution in [0.1, 0.15) is 120 Å². The number of hydrogen-bond acceptors (Lipinski definition) is 5. The van der Waals surface area contributed by atoms with Gasteiger partial charge in [-0.25, -0.2) is 0 Å². The van der Waals surface area contributed by atoms with E-state index in [1.807, 2.05) is 23.9 Å². The summed E-state index contributed by atoms with van der Waals surface area (Å²) >= 11 is 1.86. The molecule has 6 nitrogen and oxygen atoms in total. The molecule has 220 valence electrons. The molecule has 4 unspecified atom stereocenters. The summed E-state index contributed by atoms with van der Waals surface area (Å²) in [6.07, 6.45) is 17.1. The molecule has 40 heavy (non-hydrogen) atoms. The topological polar surface area (TPSA) is 78.5 Å². The number of carbonyl (C=O) groups is 3. The first-order valence-electron chi connectivity index (χ1n) is 16.0. The first kappa shape index (κ1) is 29.6. The average Bonchev–Trinajstić information content (AvgIpc) is 3.26. The van der Waals surface area contributed by atoms with E-state index in [1.54, 1.807) is 4.90 Å². The van der Waals surface area contributed by atoms with Gasteiger partial charge in [-0.15, -0.1) is 11.8 Å². The molecule has 2 saturated carbocycles. The minimum Gasteiger partial charge on any atom is -0.322 e. The number of piperidine rings is 1. The van der Waals surface area contributed by atoms with E-state index in [-0.39, 0.29) is 24.1 Å². The third-order valence-electron chi connectivity index (χ3n) is 10.4. The van der Waals surface area contributed by atoms with Gasteiger partial charge in [0.1, 0.15) is 6.04 Å². The van der Waals surface area contributed by atoms with Crippen LogP contribution >= 0.6 is 11.8 Å². The van der Waals surface area contributed by atoms with Crippen LogP contribution in [0.15, 0.2) is 23.1 Å². The first-order chi connectivity index (χ1) is 19.4. The molecule has 0 radical (unpaired) electrons. The lowest BCUT2D eigenvalue weighted by molar-refractivity contribution is -0.136. The molecule has 3 amide bonds. The van der Waals surface area contributed by atoms with Gasteiger partial charge in [-0.05, 0) is 105 Å². The highest BCUT2D eigenvalue weighted by Gasteiger charge is 2.44. The normalized spacial score (nSPS) is 28.9. The molecule has 2 N–H and O–H groups in total. The number of hydrogen-bond donors (Lipinski definition) is 2. The van der Waals surface area contributed by atoms with E-state index in [0.29, 0.717) is 30.0 Å². The molecule has 1 saturated heterocycles. The van der Waals surface area contributed by atoms with E-state index in [0.717, 1.165) is 29.7 Å². The maximum absolute atomic E-state index is 12.9. The van der Waals surface area contributed by atoms with Gasteiger partial charge in [0.2, 0.25) is 11.8 Å². The van der Waals surface area contributed by atoms with Crippen LogP contribution < -0.4 is 10.6 Å².